The summed E-state index contributed by atoms with van der Waals surface area (Å²) in [6, 6.07) is 0. The number of nitrogens with one attached hydrogen (secondary N) is 1. The molecule has 0 saturated carbocycles. The van der Waals surface area contributed by atoms with Gasteiger partial charge in [0, 0.05) is 0 Å². The quantitative estimate of drug-likeness (QED) is 0.342. The van der Waals surface area contributed by atoms with E-state index in [2.05, 4.69) is 5.73 Å². The molecule has 0 spiro atoms. The lowest BCUT2D eigenvalue weighted by Crippen LogP contribution is -2.44. The van der Waals surface area contributed by atoms with Gasteiger partial charge in [0.05, 0.1) is 0 Å². The number of hydrogen-bond donors (Lipinski definition) is 3. The van der Waals surface area contributed by atoms with Crippen molar-refractivity contribution in [1.29, 1.82) is 0 Å². The van der Waals surface area contributed by atoms with E-state index in [9.17, 15) is 18.0 Å². The van der Waals surface area contributed by atoms with E-state index < -0.39 is 27.3 Å². The maximum absolute atomic E-state index is 10.4. The molecule has 0 radical (unpaired) electrons. The van der Waals surface area contributed by atoms with Crippen molar-refractivity contribution in [3.8, 4) is 0 Å². The van der Waals surface area contributed by atoms with Crippen molar-refractivity contribution in [1.82, 2.24) is 5.32 Å². The van der Waals surface area contributed by atoms with Crippen molar-refractivity contribution in [3.63, 3.8) is 0 Å². The third-order valence-corrected chi connectivity index (χ3v) is 2.02. The van der Waals surface area contributed by atoms with Gasteiger partial charge in [0.1, 0.15) is 0 Å². The molecule has 7 nitrogen and oxygen atoms in total. The highest BCUT2D eigenvalue weighted by atomic mass is 32.2. The zero-order valence-electron chi connectivity index (χ0n) is 6.14. The summed E-state index contributed by atoms with van der Waals surface area (Å²) in [4.78, 5) is 20.5. The molecule has 2 amide bonds. The molecule has 12 heavy (non-hydrogen) atoms. The highest BCUT2D eigenvalue weighted by Gasteiger charge is 2.21. The lowest BCUT2D eigenvalue weighted by molar-refractivity contribution is -0.137. The molecule has 1 unspecified atom stereocenters. The lowest BCUT2D eigenvalue weighted by atomic mass is 10.5. The molecular weight excluding hydrogens is 188 g/mol. The number of nitrogens with two attached hydrogens (primary N) is 1. The van der Waals surface area contributed by atoms with Crippen molar-refractivity contribution < 1.29 is 22.6 Å². The fourth-order valence-electron chi connectivity index (χ4n) is 0.330. The fourth-order valence-corrected chi connectivity index (χ4v) is 0.586. The average Bonchev–Trinajstić information content (AvgIpc) is 1.85. The largest absolute Gasteiger partial charge is 0.361 e. The molecule has 0 aliphatic carbocycles. The molecule has 70 valence electrons. The van der Waals surface area contributed by atoms with Crippen molar-refractivity contribution in [2.45, 2.75) is 12.3 Å². The van der Waals surface area contributed by atoms with Crippen LogP contribution in [0.25, 0.3) is 0 Å². The molecule has 0 aromatic carbocycles. The number of carbonyl (C=O) groups excluding carboxylic acids is 2. The number of hydrogen-bond acceptors (Lipinski definition) is 4. The van der Waals surface area contributed by atoms with E-state index in [-0.39, 0.29) is 0 Å². The monoisotopic (exact) mass is 196 g/mol. The van der Waals surface area contributed by atoms with E-state index in [1.165, 1.54) is 0 Å². The first-order valence-electron chi connectivity index (χ1n) is 2.81. The Morgan fingerprint density at radius 2 is 1.92 bits per heavy atom. The van der Waals surface area contributed by atoms with Crippen LogP contribution in [0, 0.1) is 0 Å². The van der Waals surface area contributed by atoms with Crippen LogP contribution in [-0.4, -0.2) is 30.2 Å². The van der Waals surface area contributed by atoms with Crippen LogP contribution < -0.4 is 11.1 Å². The zero-order valence-corrected chi connectivity index (χ0v) is 6.96. The lowest BCUT2D eigenvalue weighted by Gasteiger charge is -2.07. The highest BCUT2D eigenvalue weighted by molar-refractivity contribution is 7.86. The molecule has 0 bridgehead atoms. The van der Waals surface area contributed by atoms with Gasteiger partial charge < -0.3 is 11.1 Å². The van der Waals surface area contributed by atoms with Crippen LogP contribution in [0.4, 0.5) is 0 Å². The Kier molecular flexibility index (Phi) is 3.16. The smallest absolute Gasteiger partial charge is 0.310 e. The first kappa shape index (κ1) is 10.8. The Morgan fingerprint density at radius 1 is 1.50 bits per heavy atom. The van der Waals surface area contributed by atoms with Gasteiger partial charge in [0.2, 0.25) is 0 Å². The van der Waals surface area contributed by atoms with Gasteiger partial charge in [-0.1, -0.05) is 0 Å². The summed E-state index contributed by atoms with van der Waals surface area (Å²) < 4.78 is 28.9. The summed E-state index contributed by atoms with van der Waals surface area (Å²) in [6.45, 7) is 0.996. The van der Waals surface area contributed by atoms with E-state index in [4.69, 9.17) is 4.55 Å². The first-order valence-corrected chi connectivity index (χ1v) is 4.32. The van der Waals surface area contributed by atoms with Crippen molar-refractivity contribution >= 4 is 21.9 Å². The molecule has 0 fully saturated rings. The summed E-state index contributed by atoms with van der Waals surface area (Å²) in [5.41, 5.74) is 4.50. The molecule has 0 heterocycles. The third kappa shape index (κ3) is 3.30. The molecule has 0 aromatic rings. The van der Waals surface area contributed by atoms with Gasteiger partial charge in [0.25, 0.3) is 10.1 Å². The first-order chi connectivity index (χ1) is 5.25. The SMILES string of the molecule is CC(NC(=O)C(N)=O)S(=O)(=O)O. The highest BCUT2D eigenvalue weighted by Crippen LogP contribution is 1.91. The Morgan fingerprint density at radius 3 is 2.17 bits per heavy atom. The Labute approximate surface area is 68.7 Å². The van der Waals surface area contributed by atoms with E-state index in [1.807, 2.05) is 0 Å². The van der Waals surface area contributed by atoms with Crippen LogP contribution in [0.1, 0.15) is 6.92 Å². The molecule has 8 heteroatoms. The zero-order chi connectivity index (χ0) is 9.94. The van der Waals surface area contributed by atoms with Crippen LogP contribution in [0.15, 0.2) is 0 Å². The Bertz CT molecular complexity index is 295. The van der Waals surface area contributed by atoms with Gasteiger partial charge in [-0.3, -0.25) is 14.1 Å². The van der Waals surface area contributed by atoms with Gasteiger partial charge in [0.15, 0.2) is 5.37 Å². The molecular formula is C4H8N2O5S. The summed E-state index contributed by atoms with van der Waals surface area (Å²) >= 11 is 0. The second-order valence-electron chi connectivity index (χ2n) is 1.99. The van der Waals surface area contributed by atoms with Crippen molar-refractivity contribution in [3.05, 3.63) is 0 Å². The van der Waals surface area contributed by atoms with Gasteiger partial charge in [-0.15, -0.1) is 0 Å². The predicted octanol–water partition coefficient (Wildman–Crippen LogP) is -2.18. The second kappa shape index (κ2) is 3.50. The number of carbonyl (C=O) groups is 2. The maximum atomic E-state index is 10.4. The van der Waals surface area contributed by atoms with E-state index in [0.29, 0.717) is 0 Å². The summed E-state index contributed by atoms with van der Waals surface area (Å²) in [6.07, 6.45) is 0. The van der Waals surface area contributed by atoms with E-state index in [1.54, 1.807) is 5.32 Å². The van der Waals surface area contributed by atoms with Crippen LogP contribution in [0.5, 0.6) is 0 Å². The van der Waals surface area contributed by atoms with Crippen LogP contribution in [0.3, 0.4) is 0 Å². The number of rotatable bonds is 2. The topological polar surface area (TPSA) is 127 Å². The van der Waals surface area contributed by atoms with Crippen molar-refractivity contribution in [2.75, 3.05) is 0 Å². The minimum absolute atomic E-state index is 0.996. The van der Waals surface area contributed by atoms with Gasteiger partial charge in [-0.25, -0.2) is 0 Å². The predicted molar refractivity (Wildman–Crippen MR) is 38.3 cm³/mol. The summed E-state index contributed by atoms with van der Waals surface area (Å²) in [5, 5.41) is 0.124. The summed E-state index contributed by atoms with van der Waals surface area (Å²) in [5.74, 6) is -2.58. The van der Waals surface area contributed by atoms with E-state index in [0.717, 1.165) is 6.92 Å². The standard InChI is InChI=1S/C4H8N2O5S/c1-2(12(9,10)11)6-4(8)3(5)7/h2H,1H3,(H2,5,7)(H,6,8)(H,9,10,11). The van der Waals surface area contributed by atoms with Crippen LogP contribution >= 0.6 is 0 Å². The fraction of sp³-hybridized carbons (Fsp3) is 0.500. The van der Waals surface area contributed by atoms with Crippen LogP contribution in [-0.2, 0) is 19.7 Å². The molecule has 0 rings (SSSR count). The molecule has 1 atom stereocenters. The number of primary amides is 1. The molecule has 0 aliphatic rings. The maximum Gasteiger partial charge on any atom is 0.310 e. The van der Waals surface area contributed by atoms with Gasteiger partial charge >= 0.3 is 11.8 Å². The summed E-state index contributed by atoms with van der Waals surface area (Å²) in [7, 11) is -4.37. The van der Waals surface area contributed by atoms with E-state index >= 15 is 0 Å². The van der Waals surface area contributed by atoms with Gasteiger partial charge in [-0.2, -0.15) is 8.42 Å². The molecule has 0 aliphatic heterocycles. The van der Waals surface area contributed by atoms with Gasteiger partial charge in [-0.05, 0) is 6.92 Å². The average molecular weight is 196 g/mol. The Hall–Kier alpha value is -1.15. The molecule has 0 saturated heterocycles. The third-order valence-electron chi connectivity index (χ3n) is 1.00. The Balaban J connectivity index is 4.31. The normalized spacial score (nSPS) is 13.5. The molecule has 0 aromatic heterocycles. The molecule has 4 N–H and O–H groups in total. The number of amides is 2. The minimum Gasteiger partial charge on any atom is -0.361 e. The second-order valence-corrected chi connectivity index (χ2v) is 3.73. The minimum atomic E-state index is -4.37. The van der Waals surface area contributed by atoms with Crippen LogP contribution in [0.2, 0.25) is 0 Å². The van der Waals surface area contributed by atoms with Crippen molar-refractivity contribution in [2.24, 2.45) is 5.73 Å².